The molecule has 6 nitrogen and oxygen atoms in total. The Bertz CT molecular complexity index is 955. The molecule has 162 valence electrons. The number of rotatable bonds is 7. The number of nitrogens with zero attached hydrogens (tertiary/aromatic N) is 1. The topological polar surface area (TPSA) is 75.7 Å². The van der Waals surface area contributed by atoms with E-state index in [0.29, 0.717) is 18.8 Å². The Kier molecular flexibility index (Phi) is 7.91. The lowest BCUT2D eigenvalue weighted by atomic mass is 10.1. The highest BCUT2D eigenvalue weighted by Crippen LogP contribution is 2.23. The monoisotopic (exact) mass is 494 g/mol. The summed E-state index contributed by atoms with van der Waals surface area (Å²) < 4.78 is 33.7. The van der Waals surface area contributed by atoms with Crippen molar-refractivity contribution in [3.8, 4) is 5.75 Å². The van der Waals surface area contributed by atoms with Crippen LogP contribution in [0.1, 0.15) is 44.2 Å². The predicted molar refractivity (Wildman–Crippen MR) is 120 cm³/mol. The molecule has 0 unspecified atom stereocenters. The van der Waals surface area contributed by atoms with Crippen molar-refractivity contribution in [3.63, 3.8) is 0 Å². The van der Waals surface area contributed by atoms with Crippen LogP contribution in [0.25, 0.3) is 0 Å². The zero-order valence-corrected chi connectivity index (χ0v) is 19.4. The van der Waals surface area contributed by atoms with E-state index in [1.54, 1.807) is 16.4 Å². The number of halogens is 1. The number of hydrogen-bond donors (Lipinski definition) is 1. The Morgan fingerprint density at radius 3 is 2.40 bits per heavy atom. The molecular formula is C22H27BrN2O4S. The Labute approximate surface area is 186 Å². The summed E-state index contributed by atoms with van der Waals surface area (Å²) in [5, 5.41) is 2.89. The van der Waals surface area contributed by atoms with Gasteiger partial charge >= 0.3 is 0 Å². The highest BCUT2D eigenvalue weighted by Gasteiger charge is 2.25. The van der Waals surface area contributed by atoms with Gasteiger partial charge in [-0.25, -0.2) is 8.42 Å². The minimum Gasteiger partial charge on any atom is -0.484 e. The molecule has 1 saturated heterocycles. The van der Waals surface area contributed by atoms with Crippen molar-refractivity contribution in [2.24, 2.45) is 0 Å². The van der Waals surface area contributed by atoms with Gasteiger partial charge in [0.05, 0.1) is 10.9 Å². The molecule has 1 fully saturated rings. The summed E-state index contributed by atoms with van der Waals surface area (Å²) in [5.41, 5.74) is 0.987. The zero-order valence-electron chi connectivity index (χ0n) is 17.0. The maximum atomic E-state index is 12.8. The van der Waals surface area contributed by atoms with E-state index in [4.69, 9.17) is 4.74 Å². The number of hydrogen-bond acceptors (Lipinski definition) is 4. The lowest BCUT2D eigenvalue weighted by Crippen LogP contribution is -2.32. The van der Waals surface area contributed by atoms with E-state index in [1.165, 1.54) is 12.1 Å². The first-order valence-corrected chi connectivity index (χ1v) is 12.4. The van der Waals surface area contributed by atoms with Gasteiger partial charge in [-0.15, -0.1) is 0 Å². The second kappa shape index (κ2) is 10.4. The lowest BCUT2D eigenvalue weighted by Gasteiger charge is -2.20. The summed E-state index contributed by atoms with van der Waals surface area (Å²) >= 11 is 3.42. The molecule has 2 aromatic rings. The van der Waals surface area contributed by atoms with Crippen molar-refractivity contribution in [3.05, 3.63) is 58.6 Å². The van der Waals surface area contributed by atoms with Crippen molar-refractivity contribution < 1.29 is 17.9 Å². The lowest BCUT2D eigenvalue weighted by molar-refractivity contribution is -0.123. The highest BCUT2D eigenvalue weighted by atomic mass is 79.9. The average molecular weight is 495 g/mol. The minimum absolute atomic E-state index is 0.142. The van der Waals surface area contributed by atoms with Crippen LogP contribution in [0.5, 0.6) is 5.75 Å². The molecule has 0 radical (unpaired) electrons. The Hall–Kier alpha value is -1.90. The van der Waals surface area contributed by atoms with Gasteiger partial charge in [-0.1, -0.05) is 40.9 Å². The van der Waals surface area contributed by atoms with Crippen LogP contribution in [0.4, 0.5) is 0 Å². The number of carbonyl (C=O) groups excluding carboxylic acids is 1. The second-order valence-electron chi connectivity index (χ2n) is 7.42. The first-order valence-electron chi connectivity index (χ1n) is 10.1. The number of amides is 1. The molecule has 0 saturated carbocycles. The number of sulfonamides is 1. The van der Waals surface area contributed by atoms with Crippen molar-refractivity contribution in [2.45, 2.75) is 43.5 Å². The van der Waals surface area contributed by atoms with E-state index >= 15 is 0 Å². The van der Waals surface area contributed by atoms with Crippen molar-refractivity contribution in [1.82, 2.24) is 9.62 Å². The van der Waals surface area contributed by atoms with Gasteiger partial charge in [0.2, 0.25) is 10.0 Å². The first-order chi connectivity index (χ1) is 14.4. The summed E-state index contributed by atoms with van der Waals surface area (Å²) in [6.45, 7) is 2.90. The Morgan fingerprint density at radius 2 is 1.77 bits per heavy atom. The molecule has 0 aromatic heterocycles. The molecule has 2 aromatic carbocycles. The summed E-state index contributed by atoms with van der Waals surface area (Å²) in [5.74, 6) is 0.207. The van der Waals surface area contributed by atoms with Crippen LogP contribution in [0.3, 0.4) is 0 Å². The van der Waals surface area contributed by atoms with Crippen molar-refractivity contribution in [2.75, 3.05) is 19.7 Å². The molecule has 3 rings (SSSR count). The zero-order chi connectivity index (χ0) is 21.6. The fraction of sp³-hybridized carbons (Fsp3) is 0.409. The Balaban J connectivity index is 1.54. The van der Waals surface area contributed by atoms with Gasteiger partial charge in [0.1, 0.15) is 5.75 Å². The van der Waals surface area contributed by atoms with Gasteiger partial charge < -0.3 is 10.1 Å². The number of carbonyl (C=O) groups is 1. The molecule has 0 bridgehead atoms. The number of benzene rings is 2. The molecule has 1 amide bonds. The highest BCUT2D eigenvalue weighted by molar-refractivity contribution is 9.10. The standard InChI is InChI=1S/C22H27BrN2O4S/c1-17(18-7-6-8-19(23)15-18)24-22(26)16-29-20-9-11-21(12-10-20)30(27,28)25-13-4-2-3-5-14-25/h6-12,15,17H,2-5,13-14,16H2,1H3,(H,24,26)/t17-/m1/s1. The summed E-state index contributed by atoms with van der Waals surface area (Å²) in [7, 11) is -3.49. The normalized spacial score (nSPS) is 16.5. The van der Waals surface area contributed by atoms with Gasteiger partial charge in [0, 0.05) is 17.6 Å². The smallest absolute Gasteiger partial charge is 0.258 e. The Morgan fingerprint density at radius 1 is 1.10 bits per heavy atom. The van der Waals surface area contributed by atoms with E-state index in [1.807, 2.05) is 31.2 Å². The van der Waals surface area contributed by atoms with Crippen LogP contribution in [0, 0.1) is 0 Å². The summed E-state index contributed by atoms with van der Waals surface area (Å²) in [4.78, 5) is 12.5. The molecule has 1 aliphatic rings. The average Bonchev–Trinajstić information content (AvgIpc) is 3.03. The van der Waals surface area contributed by atoms with E-state index in [9.17, 15) is 13.2 Å². The van der Waals surface area contributed by atoms with Crippen molar-refractivity contribution in [1.29, 1.82) is 0 Å². The minimum atomic E-state index is -3.49. The molecule has 1 atom stereocenters. The molecule has 1 aliphatic heterocycles. The third kappa shape index (κ3) is 6.06. The number of nitrogens with one attached hydrogen (secondary N) is 1. The first kappa shape index (κ1) is 22.8. The maximum Gasteiger partial charge on any atom is 0.258 e. The third-order valence-corrected chi connectivity index (χ3v) is 7.53. The summed E-state index contributed by atoms with van der Waals surface area (Å²) in [6, 6.07) is 13.9. The van der Waals surface area contributed by atoms with Gasteiger partial charge in [0.25, 0.3) is 5.91 Å². The molecule has 1 heterocycles. The second-order valence-corrected chi connectivity index (χ2v) is 10.3. The van der Waals surface area contributed by atoms with Crippen LogP contribution in [-0.2, 0) is 14.8 Å². The largest absolute Gasteiger partial charge is 0.484 e. The van der Waals surface area contributed by atoms with Crippen LogP contribution in [0.2, 0.25) is 0 Å². The molecule has 1 N–H and O–H groups in total. The maximum absolute atomic E-state index is 12.8. The summed E-state index contributed by atoms with van der Waals surface area (Å²) in [6.07, 6.45) is 3.93. The molecular weight excluding hydrogens is 468 g/mol. The van der Waals surface area contributed by atoms with Crippen LogP contribution in [-0.4, -0.2) is 38.3 Å². The van der Waals surface area contributed by atoms with Gasteiger partial charge in [-0.05, 0) is 61.7 Å². The van der Waals surface area contributed by atoms with Crippen LogP contribution >= 0.6 is 15.9 Å². The molecule has 8 heteroatoms. The SMILES string of the molecule is C[C@@H](NC(=O)COc1ccc(S(=O)(=O)N2CCCCCC2)cc1)c1cccc(Br)c1. The molecule has 0 aliphatic carbocycles. The van der Waals surface area contributed by atoms with E-state index in [0.717, 1.165) is 35.7 Å². The molecule has 30 heavy (non-hydrogen) atoms. The van der Waals surface area contributed by atoms with E-state index in [2.05, 4.69) is 21.2 Å². The fourth-order valence-corrected chi connectivity index (χ4v) is 5.36. The van der Waals surface area contributed by atoms with E-state index in [-0.39, 0.29) is 23.5 Å². The van der Waals surface area contributed by atoms with Crippen LogP contribution in [0.15, 0.2) is 57.9 Å². The van der Waals surface area contributed by atoms with Gasteiger partial charge in [-0.3, -0.25) is 4.79 Å². The van der Waals surface area contributed by atoms with Gasteiger partial charge in [0.15, 0.2) is 6.61 Å². The van der Waals surface area contributed by atoms with Crippen LogP contribution < -0.4 is 10.1 Å². The third-order valence-electron chi connectivity index (χ3n) is 5.12. The van der Waals surface area contributed by atoms with Gasteiger partial charge in [-0.2, -0.15) is 4.31 Å². The predicted octanol–water partition coefficient (Wildman–Crippen LogP) is 4.27. The van der Waals surface area contributed by atoms with E-state index < -0.39 is 10.0 Å². The quantitative estimate of drug-likeness (QED) is 0.623. The number of ether oxygens (including phenoxy) is 1. The fourth-order valence-electron chi connectivity index (χ4n) is 3.43. The molecule has 0 spiro atoms. The van der Waals surface area contributed by atoms with Crippen molar-refractivity contribution >= 4 is 31.9 Å².